The van der Waals surface area contributed by atoms with E-state index in [0.717, 1.165) is 27.9 Å². The zero-order valence-corrected chi connectivity index (χ0v) is 17.7. The largest absolute Gasteiger partial charge is 0.315 e. The molecule has 30 heavy (non-hydrogen) atoms. The molecule has 3 heterocycles. The number of amides is 1. The number of anilines is 1. The number of nitrogens with one attached hydrogen (secondary N) is 1. The van der Waals surface area contributed by atoms with Gasteiger partial charge < -0.3 is 4.90 Å². The van der Waals surface area contributed by atoms with E-state index in [0.29, 0.717) is 12.8 Å². The number of nitrogens with zero attached hydrogens (tertiary/aromatic N) is 3. The van der Waals surface area contributed by atoms with Crippen LogP contribution in [-0.4, -0.2) is 31.3 Å². The van der Waals surface area contributed by atoms with E-state index in [2.05, 4.69) is 20.8 Å². The number of carbonyl (C=O) groups excluding carboxylic acids is 1. The highest BCUT2D eigenvalue weighted by Gasteiger charge is 2.21. The van der Waals surface area contributed by atoms with E-state index in [-0.39, 0.29) is 22.5 Å². The normalized spacial score (nSPS) is 13.9. The standard InChI is InChI=1S/C21H19ClN4O3S/c1-26-19-5-2-15(9-16(19)3-7-21(26)27)17-8-14(10-23-12-17)11-25-30(28,29)18-4-6-20(22)24-13-18/h2,4-6,8-10,12-13,25H,3,7,11H2,1H3. The zero-order valence-electron chi connectivity index (χ0n) is 16.2. The maximum Gasteiger partial charge on any atom is 0.242 e. The van der Waals surface area contributed by atoms with Gasteiger partial charge in [0.1, 0.15) is 10.0 Å². The second-order valence-electron chi connectivity index (χ2n) is 7.02. The maximum atomic E-state index is 12.4. The lowest BCUT2D eigenvalue weighted by Crippen LogP contribution is -2.30. The Balaban J connectivity index is 1.53. The highest BCUT2D eigenvalue weighted by atomic mass is 35.5. The number of hydrogen-bond donors (Lipinski definition) is 1. The van der Waals surface area contributed by atoms with E-state index in [4.69, 9.17) is 11.6 Å². The number of aromatic nitrogens is 2. The molecule has 1 aromatic carbocycles. The van der Waals surface area contributed by atoms with Gasteiger partial charge in [-0.05, 0) is 53.4 Å². The van der Waals surface area contributed by atoms with Crippen molar-refractivity contribution in [2.45, 2.75) is 24.3 Å². The molecule has 3 aromatic rings. The topological polar surface area (TPSA) is 92.3 Å². The summed E-state index contributed by atoms with van der Waals surface area (Å²) in [6.45, 7) is 0.0913. The van der Waals surface area contributed by atoms with E-state index in [1.54, 1.807) is 24.3 Å². The fourth-order valence-corrected chi connectivity index (χ4v) is 4.43. The molecule has 0 fully saturated rings. The molecule has 1 aliphatic rings. The van der Waals surface area contributed by atoms with Crippen LogP contribution in [0.3, 0.4) is 0 Å². The van der Waals surface area contributed by atoms with Gasteiger partial charge >= 0.3 is 0 Å². The summed E-state index contributed by atoms with van der Waals surface area (Å²) in [6, 6.07) is 10.7. The summed E-state index contributed by atoms with van der Waals surface area (Å²) in [6.07, 6.45) is 5.77. The van der Waals surface area contributed by atoms with Gasteiger partial charge in [0, 0.05) is 49.9 Å². The van der Waals surface area contributed by atoms with Crippen molar-refractivity contribution in [3.63, 3.8) is 0 Å². The summed E-state index contributed by atoms with van der Waals surface area (Å²) in [5.41, 5.74) is 4.60. The number of halogens is 1. The molecule has 0 unspecified atom stereocenters. The van der Waals surface area contributed by atoms with Crippen molar-refractivity contribution >= 4 is 33.2 Å². The number of sulfonamides is 1. The van der Waals surface area contributed by atoms with Crippen LogP contribution < -0.4 is 9.62 Å². The molecule has 0 radical (unpaired) electrons. The third-order valence-electron chi connectivity index (χ3n) is 5.03. The average molecular weight is 443 g/mol. The molecule has 1 N–H and O–H groups in total. The van der Waals surface area contributed by atoms with Crippen molar-refractivity contribution in [1.82, 2.24) is 14.7 Å². The van der Waals surface area contributed by atoms with Crippen LogP contribution in [-0.2, 0) is 27.8 Å². The van der Waals surface area contributed by atoms with Crippen LogP contribution in [0.1, 0.15) is 17.5 Å². The predicted molar refractivity (Wildman–Crippen MR) is 115 cm³/mol. The van der Waals surface area contributed by atoms with Gasteiger partial charge in [-0.3, -0.25) is 9.78 Å². The van der Waals surface area contributed by atoms with Crippen molar-refractivity contribution in [3.05, 3.63) is 71.3 Å². The molecule has 0 bridgehead atoms. The predicted octanol–water partition coefficient (Wildman–Crippen LogP) is 3.18. The minimum absolute atomic E-state index is 0.0457. The van der Waals surface area contributed by atoms with Crippen LogP contribution in [0, 0.1) is 0 Å². The third-order valence-corrected chi connectivity index (χ3v) is 6.64. The summed E-state index contributed by atoms with van der Waals surface area (Å²) in [5.74, 6) is 0.113. The molecular formula is C21H19ClN4O3S. The zero-order chi connectivity index (χ0) is 21.3. The molecule has 0 aliphatic carbocycles. The molecule has 9 heteroatoms. The molecule has 1 amide bonds. The molecule has 0 saturated carbocycles. The van der Waals surface area contributed by atoms with Crippen LogP contribution in [0.25, 0.3) is 11.1 Å². The van der Waals surface area contributed by atoms with Gasteiger partial charge in [0.05, 0.1) is 0 Å². The summed E-state index contributed by atoms with van der Waals surface area (Å²) in [7, 11) is -1.93. The van der Waals surface area contributed by atoms with Crippen molar-refractivity contribution in [1.29, 1.82) is 0 Å². The Morgan fingerprint density at radius 1 is 1.07 bits per heavy atom. The molecule has 0 atom stereocenters. The molecule has 7 nitrogen and oxygen atoms in total. The molecule has 0 spiro atoms. The first kappa shape index (κ1) is 20.5. The molecule has 0 saturated heterocycles. The van der Waals surface area contributed by atoms with Gasteiger partial charge in [0.15, 0.2) is 0 Å². The highest BCUT2D eigenvalue weighted by Crippen LogP contribution is 2.31. The first-order chi connectivity index (χ1) is 14.3. The number of aryl methyl sites for hydroxylation is 1. The lowest BCUT2D eigenvalue weighted by molar-refractivity contribution is -0.118. The van der Waals surface area contributed by atoms with Gasteiger partial charge in [0.2, 0.25) is 15.9 Å². The fraction of sp³-hybridized carbons (Fsp3) is 0.190. The Morgan fingerprint density at radius 2 is 1.90 bits per heavy atom. The molecule has 4 rings (SSSR count). The quantitative estimate of drug-likeness (QED) is 0.612. The van der Waals surface area contributed by atoms with E-state index in [1.165, 1.54) is 18.3 Å². The Labute approximate surface area is 179 Å². The van der Waals surface area contributed by atoms with E-state index >= 15 is 0 Å². The minimum Gasteiger partial charge on any atom is -0.315 e. The van der Waals surface area contributed by atoms with E-state index < -0.39 is 10.0 Å². The van der Waals surface area contributed by atoms with Gasteiger partial charge in [0.25, 0.3) is 0 Å². The summed E-state index contributed by atoms with van der Waals surface area (Å²) < 4.78 is 27.4. The lowest BCUT2D eigenvalue weighted by atomic mass is 9.96. The van der Waals surface area contributed by atoms with E-state index in [1.807, 2.05) is 18.2 Å². The lowest BCUT2D eigenvalue weighted by Gasteiger charge is -2.26. The Morgan fingerprint density at radius 3 is 2.67 bits per heavy atom. The monoisotopic (exact) mass is 442 g/mol. The van der Waals surface area contributed by atoms with Gasteiger partial charge in [-0.25, -0.2) is 18.1 Å². The average Bonchev–Trinajstić information content (AvgIpc) is 2.75. The van der Waals surface area contributed by atoms with Crippen LogP contribution in [0.15, 0.2) is 59.9 Å². The SMILES string of the molecule is CN1C(=O)CCc2cc(-c3cncc(CNS(=O)(=O)c4ccc(Cl)nc4)c3)ccc21. The van der Waals surface area contributed by atoms with Crippen molar-refractivity contribution in [2.75, 3.05) is 11.9 Å². The second-order valence-corrected chi connectivity index (χ2v) is 9.17. The van der Waals surface area contributed by atoms with Crippen LogP contribution in [0.4, 0.5) is 5.69 Å². The first-order valence-electron chi connectivity index (χ1n) is 9.28. The maximum absolute atomic E-state index is 12.4. The highest BCUT2D eigenvalue weighted by molar-refractivity contribution is 7.89. The second kappa shape index (κ2) is 8.14. The van der Waals surface area contributed by atoms with Crippen LogP contribution in [0.2, 0.25) is 5.15 Å². The van der Waals surface area contributed by atoms with E-state index in [9.17, 15) is 13.2 Å². The number of fused-ring (bicyclic) bond motifs is 1. The summed E-state index contributed by atoms with van der Waals surface area (Å²) >= 11 is 5.72. The fourth-order valence-electron chi connectivity index (χ4n) is 3.36. The van der Waals surface area contributed by atoms with Crippen molar-refractivity contribution in [2.24, 2.45) is 0 Å². The van der Waals surface area contributed by atoms with Gasteiger partial charge in [-0.2, -0.15) is 0 Å². The first-order valence-corrected chi connectivity index (χ1v) is 11.1. The number of carbonyl (C=O) groups is 1. The molecule has 154 valence electrons. The number of benzene rings is 1. The van der Waals surface area contributed by atoms with Crippen molar-refractivity contribution < 1.29 is 13.2 Å². The number of hydrogen-bond acceptors (Lipinski definition) is 5. The summed E-state index contributed by atoms with van der Waals surface area (Å²) in [5, 5.41) is 0.228. The summed E-state index contributed by atoms with van der Waals surface area (Å²) in [4.78, 5) is 21.7. The number of rotatable bonds is 5. The van der Waals surface area contributed by atoms with Gasteiger partial charge in [-0.15, -0.1) is 0 Å². The van der Waals surface area contributed by atoms with Crippen LogP contribution in [0.5, 0.6) is 0 Å². The van der Waals surface area contributed by atoms with Crippen molar-refractivity contribution in [3.8, 4) is 11.1 Å². The Hall–Kier alpha value is -2.81. The molecular weight excluding hydrogens is 424 g/mol. The van der Waals surface area contributed by atoms with Gasteiger partial charge in [-0.1, -0.05) is 17.7 Å². The third kappa shape index (κ3) is 4.21. The smallest absolute Gasteiger partial charge is 0.242 e. The number of pyridine rings is 2. The minimum atomic E-state index is -3.71. The van der Waals surface area contributed by atoms with Crippen LogP contribution >= 0.6 is 11.6 Å². The Bertz CT molecular complexity index is 1210. The molecule has 2 aromatic heterocycles. The Kier molecular flexibility index (Phi) is 5.55. The molecule has 1 aliphatic heterocycles.